The topological polar surface area (TPSA) is 63.8 Å². The van der Waals surface area contributed by atoms with E-state index in [0.717, 1.165) is 12.1 Å². The molecule has 8 heteroatoms. The molecule has 0 aliphatic heterocycles. The van der Waals surface area contributed by atoms with E-state index >= 15 is 0 Å². The first kappa shape index (κ1) is 11.9. The van der Waals surface area contributed by atoms with E-state index in [0.29, 0.717) is 0 Å². The van der Waals surface area contributed by atoms with E-state index in [9.17, 15) is 13.2 Å². The van der Waals surface area contributed by atoms with Gasteiger partial charge in [0.1, 0.15) is 0 Å². The lowest BCUT2D eigenvalue weighted by molar-refractivity contribution is -0.141. The van der Waals surface area contributed by atoms with Gasteiger partial charge in [-0.2, -0.15) is 13.2 Å². The van der Waals surface area contributed by atoms with Crippen molar-refractivity contribution in [2.45, 2.75) is 6.18 Å². The molecule has 74 valence electrons. The van der Waals surface area contributed by atoms with Crippen LogP contribution in [0.5, 0.6) is 0 Å². The lowest BCUT2D eigenvalue weighted by Gasteiger charge is -2.04. The summed E-state index contributed by atoms with van der Waals surface area (Å²) >= 11 is 0. The van der Waals surface area contributed by atoms with Gasteiger partial charge in [0.15, 0.2) is 11.5 Å². The highest BCUT2D eigenvalue weighted by Crippen LogP contribution is 2.26. The molecule has 0 fully saturated rings. The van der Waals surface area contributed by atoms with Crippen LogP contribution >= 0.6 is 12.4 Å². The number of anilines is 1. The first-order valence-corrected chi connectivity index (χ1v) is 2.91. The van der Waals surface area contributed by atoms with Gasteiger partial charge < -0.3 is 5.43 Å². The SMILES string of the molecule is Cl.NNc1ccc(C(F)(F)F)nn1. The number of nitrogens with one attached hydrogen (secondary N) is 1. The summed E-state index contributed by atoms with van der Waals surface area (Å²) in [5.74, 6) is 4.96. The fourth-order valence-corrected chi connectivity index (χ4v) is 0.560. The fourth-order valence-electron chi connectivity index (χ4n) is 0.560. The standard InChI is InChI=1S/C5H5F3N4.ClH/c6-5(7,8)3-1-2-4(10-9)12-11-3;/h1-2H,9H2,(H,10,12);1H. The minimum atomic E-state index is -4.46. The number of rotatable bonds is 1. The van der Waals surface area contributed by atoms with Gasteiger partial charge in [-0.15, -0.1) is 22.6 Å². The Morgan fingerprint density at radius 2 is 1.85 bits per heavy atom. The monoisotopic (exact) mass is 214 g/mol. The zero-order valence-electron chi connectivity index (χ0n) is 6.17. The number of hydrazine groups is 1. The van der Waals surface area contributed by atoms with Crippen LogP contribution in [0.1, 0.15) is 5.69 Å². The lowest BCUT2D eigenvalue weighted by Crippen LogP contribution is -2.13. The van der Waals surface area contributed by atoms with Gasteiger partial charge in [-0.3, -0.25) is 0 Å². The molecule has 0 saturated carbocycles. The van der Waals surface area contributed by atoms with Crippen molar-refractivity contribution in [3.05, 3.63) is 17.8 Å². The van der Waals surface area contributed by atoms with E-state index in [2.05, 4.69) is 15.6 Å². The number of nitrogens with zero attached hydrogens (tertiary/aromatic N) is 2. The lowest BCUT2D eigenvalue weighted by atomic mass is 10.4. The van der Waals surface area contributed by atoms with Crippen LogP contribution in [-0.4, -0.2) is 10.2 Å². The van der Waals surface area contributed by atoms with Crippen LogP contribution in [0.3, 0.4) is 0 Å². The van der Waals surface area contributed by atoms with Crippen LogP contribution < -0.4 is 11.3 Å². The average molecular weight is 215 g/mol. The largest absolute Gasteiger partial charge is 0.435 e. The maximum atomic E-state index is 11.9. The van der Waals surface area contributed by atoms with Crippen LogP contribution in [0.25, 0.3) is 0 Å². The van der Waals surface area contributed by atoms with Crippen LogP contribution in [0.2, 0.25) is 0 Å². The molecule has 3 N–H and O–H groups in total. The van der Waals surface area contributed by atoms with Gasteiger partial charge >= 0.3 is 6.18 Å². The fraction of sp³-hybridized carbons (Fsp3) is 0.200. The summed E-state index contributed by atoms with van der Waals surface area (Å²) in [4.78, 5) is 0. The highest BCUT2D eigenvalue weighted by atomic mass is 35.5. The Bertz CT molecular complexity index is 259. The summed E-state index contributed by atoms with van der Waals surface area (Å²) in [5.41, 5.74) is 1.02. The molecule has 1 rings (SSSR count). The van der Waals surface area contributed by atoms with Gasteiger partial charge in [0, 0.05) is 0 Å². The smallest absolute Gasteiger partial charge is 0.307 e. The Hall–Kier alpha value is -1.08. The highest BCUT2D eigenvalue weighted by molar-refractivity contribution is 5.85. The second-order valence-electron chi connectivity index (χ2n) is 1.95. The summed E-state index contributed by atoms with van der Waals surface area (Å²) < 4.78 is 35.6. The summed E-state index contributed by atoms with van der Waals surface area (Å²) in [5, 5.41) is 6.06. The normalized spacial score (nSPS) is 10.5. The second kappa shape index (κ2) is 4.24. The molecular weight excluding hydrogens is 209 g/mol. The summed E-state index contributed by atoms with van der Waals surface area (Å²) in [6.07, 6.45) is -4.46. The van der Waals surface area contributed by atoms with Crippen molar-refractivity contribution < 1.29 is 13.2 Å². The third-order valence-corrected chi connectivity index (χ3v) is 1.10. The molecule has 0 aromatic carbocycles. The van der Waals surface area contributed by atoms with Crippen molar-refractivity contribution in [1.29, 1.82) is 0 Å². The molecule has 13 heavy (non-hydrogen) atoms. The van der Waals surface area contributed by atoms with Crippen LogP contribution in [-0.2, 0) is 6.18 Å². The van der Waals surface area contributed by atoms with E-state index in [1.807, 2.05) is 0 Å². The third kappa shape index (κ3) is 3.03. The van der Waals surface area contributed by atoms with Crippen molar-refractivity contribution >= 4 is 18.2 Å². The van der Waals surface area contributed by atoms with Crippen LogP contribution in [0.15, 0.2) is 12.1 Å². The molecule has 0 aliphatic carbocycles. The van der Waals surface area contributed by atoms with Crippen LogP contribution in [0, 0.1) is 0 Å². The Morgan fingerprint density at radius 1 is 1.23 bits per heavy atom. The predicted molar refractivity (Wildman–Crippen MR) is 42.1 cm³/mol. The molecule has 1 heterocycles. The minimum absolute atomic E-state index is 0. The molecule has 1 aromatic heterocycles. The third-order valence-electron chi connectivity index (χ3n) is 1.10. The van der Waals surface area contributed by atoms with Gasteiger partial charge in [0.25, 0.3) is 0 Å². The summed E-state index contributed by atoms with van der Waals surface area (Å²) in [7, 11) is 0. The molecule has 0 unspecified atom stereocenters. The van der Waals surface area contributed by atoms with Crippen molar-refractivity contribution in [2.75, 3.05) is 5.43 Å². The number of aromatic nitrogens is 2. The van der Waals surface area contributed by atoms with E-state index in [-0.39, 0.29) is 18.2 Å². The Labute approximate surface area is 77.7 Å². The molecule has 0 radical (unpaired) electrons. The summed E-state index contributed by atoms with van der Waals surface area (Å²) in [6.45, 7) is 0. The maximum Gasteiger partial charge on any atom is 0.435 e. The number of hydrogen-bond donors (Lipinski definition) is 2. The molecule has 0 bridgehead atoms. The molecule has 0 aliphatic rings. The van der Waals surface area contributed by atoms with Crippen molar-refractivity contribution in [1.82, 2.24) is 10.2 Å². The Morgan fingerprint density at radius 3 is 2.15 bits per heavy atom. The molecule has 0 amide bonds. The average Bonchev–Trinajstić information content (AvgIpc) is 2.03. The molecule has 0 atom stereocenters. The molecule has 4 nitrogen and oxygen atoms in total. The second-order valence-corrected chi connectivity index (χ2v) is 1.95. The van der Waals surface area contributed by atoms with E-state index in [4.69, 9.17) is 5.84 Å². The van der Waals surface area contributed by atoms with Crippen molar-refractivity contribution in [3.63, 3.8) is 0 Å². The van der Waals surface area contributed by atoms with E-state index in [1.165, 1.54) is 0 Å². The number of hydrogen-bond acceptors (Lipinski definition) is 4. The molecule has 0 saturated heterocycles. The zero-order chi connectivity index (χ0) is 9.19. The highest BCUT2D eigenvalue weighted by Gasteiger charge is 2.32. The van der Waals surface area contributed by atoms with E-state index in [1.54, 1.807) is 0 Å². The van der Waals surface area contributed by atoms with Gasteiger partial charge in [0.05, 0.1) is 0 Å². The molecule has 0 spiro atoms. The van der Waals surface area contributed by atoms with Gasteiger partial charge in [-0.25, -0.2) is 5.84 Å². The number of nitrogens with two attached hydrogens (primary N) is 1. The minimum Gasteiger partial charge on any atom is -0.307 e. The van der Waals surface area contributed by atoms with Crippen molar-refractivity contribution in [2.24, 2.45) is 5.84 Å². The van der Waals surface area contributed by atoms with Crippen molar-refractivity contribution in [3.8, 4) is 0 Å². The number of nitrogen functional groups attached to an aromatic ring is 1. The van der Waals surface area contributed by atoms with Gasteiger partial charge in [0.2, 0.25) is 0 Å². The molecule has 1 aromatic rings. The first-order chi connectivity index (χ1) is 5.54. The Kier molecular flexibility index (Phi) is 3.89. The molecular formula is C5H6ClF3N4. The Balaban J connectivity index is 0.00000144. The first-order valence-electron chi connectivity index (χ1n) is 2.91. The quantitative estimate of drug-likeness (QED) is 0.545. The summed E-state index contributed by atoms with van der Waals surface area (Å²) in [6, 6.07) is 1.89. The zero-order valence-corrected chi connectivity index (χ0v) is 6.99. The van der Waals surface area contributed by atoms with E-state index < -0.39 is 11.9 Å². The van der Waals surface area contributed by atoms with Crippen LogP contribution in [0.4, 0.5) is 19.0 Å². The number of alkyl halides is 3. The maximum absolute atomic E-state index is 11.9. The van der Waals surface area contributed by atoms with Gasteiger partial charge in [-0.1, -0.05) is 0 Å². The predicted octanol–water partition coefficient (Wildman–Crippen LogP) is 1.20. The van der Waals surface area contributed by atoms with Gasteiger partial charge in [-0.05, 0) is 12.1 Å². The number of halogens is 4.